The second-order valence-corrected chi connectivity index (χ2v) is 9.44. The average molecular weight is 476 g/mol. The number of aryl methyl sites for hydroxylation is 3. The first kappa shape index (κ1) is 23.3. The minimum Gasteiger partial charge on any atom is -0.493 e. The predicted octanol–water partition coefficient (Wildman–Crippen LogP) is 5.38. The van der Waals surface area contributed by atoms with E-state index in [4.69, 9.17) is 8.92 Å². The molecule has 8 heteroatoms. The Bertz CT molecular complexity index is 1500. The Balaban J connectivity index is 1.53. The molecule has 3 aromatic carbocycles. The highest BCUT2D eigenvalue weighted by Gasteiger charge is 2.21. The van der Waals surface area contributed by atoms with Gasteiger partial charge in [0.1, 0.15) is 10.7 Å². The van der Waals surface area contributed by atoms with Crippen molar-refractivity contribution in [2.24, 2.45) is 5.10 Å². The molecule has 0 saturated heterocycles. The van der Waals surface area contributed by atoms with Crippen molar-refractivity contribution < 1.29 is 17.3 Å². The minimum absolute atomic E-state index is 0.0975. The molecule has 4 aromatic rings. The zero-order valence-corrected chi connectivity index (χ0v) is 20.2. The molecule has 0 radical (unpaired) electrons. The number of hydrazone groups is 1. The van der Waals surface area contributed by atoms with E-state index < -0.39 is 10.1 Å². The molecule has 0 amide bonds. The number of ether oxygens (including phenoxy) is 1. The largest absolute Gasteiger partial charge is 0.493 e. The van der Waals surface area contributed by atoms with Crippen molar-refractivity contribution in [1.29, 1.82) is 0 Å². The summed E-state index contributed by atoms with van der Waals surface area (Å²) in [6.07, 6.45) is 1.59. The second-order valence-electron chi connectivity index (χ2n) is 7.93. The van der Waals surface area contributed by atoms with Gasteiger partial charge in [0, 0.05) is 5.39 Å². The van der Waals surface area contributed by atoms with Gasteiger partial charge in [0.15, 0.2) is 11.5 Å². The maximum absolute atomic E-state index is 12.9. The third kappa shape index (κ3) is 5.02. The zero-order valence-electron chi connectivity index (χ0n) is 19.4. The molecule has 4 rings (SSSR count). The number of para-hydroxylation sites is 1. The number of pyridine rings is 1. The Morgan fingerprint density at radius 3 is 2.50 bits per heavy atom. The van der Waals surface area contributed by atoms with E-state index in [9.17, 15) is 8.42 Å². The Kier molecular flexibility index (Phi) is 6.51. The van der Waals surface area contributed by atoms with Crippen molar-refractivity contribution in [2.75, 3.05) is 12.5 Å². The normalized spacial score (nSPS) is 11.6. The number of rotatable bonds is 7. The molecule has 174 valence electrons. The highest BCUT2D eigenvalue weighted by Crippen LogP contribution is 2.31. The molecule has 0 aliphatic rings. The quantitative estimate of drug-likeness (QED) is 0.219. The minimum atomic E-state index is -4.02. The monoisotopic (exact) mass is 475 g/mol. The van der Waals surface area contributed by atoms with Crippen LogP contribution in [0.3, 0.4) is 0 Å². The van der Waals surface area contributed by atoms with Gasteiger partial charge in [-0.3, -0.25) is 5.43 Å². The number of methoxy groups -OCH3 is 1. The fourth-order valence-corrected chi connectivity index (χ4v) is 4.81. The van der Waals surface area contributed by atoms with Crippen LogP contribution in [-0.2, 0) is 10.1 Å². The van der Waals surface area contributed by atoms with Gasteiger partial charge in [-0.25, -0.2) is 4.98 Å². The molecule has 0 spiro atoms. The smallest absolute Gasteiger partial charge is 0.339 e. The second kappa shape index (κ2) is 9.52. The summed E-state index contributed by atoms with van der Waals surface area (Å²) in [5, 5.41) is 5.35. The van der Waals surface area contributed by atoms with Gasteiger partial charge < -0.3 is 8.92 Å². The van der Waals surface area contributed by atoms with Crippen LogP contribution >= 0.6 is 0 Å². The highest BCUT2D eigenvalue weighted by atomic mass is 32.2. The first-order chi connectivity index (χ1) is 16.3. The number of benzene rings is 3. The Labute approximate surface area is 199 Å². The van der Waals surface area contributed by atoms with Crippen LogP contribution in [0.1, 0.15) is 22.3 Å². The fourth-order valence-electron chi connectivity index (χ4n) is 3.55. The van der Waals surface area contributed by atoms with Gasteiger partial charge in [0.2, 0.25) is 0 Å². The van der Waals surface area contributed by atoms with Crippen LogP contribution in [0.15, 0.2) is 76.7 Å². The van der Waals surface area contributed by atoms with E-state index in [0.29, 0.717) is 16.9 Å². The summed E-state index contributed by atoms with van der Waals surface area (Å²) in [7, 11) is -2.57. The van der Waals surface area contributed by atoms with Crippen LogP contribution in [-0.4, -0.2) is 26.7 Å². The maximum atomic E-state index is 12.9. The number of anilines is 1. The van der Waals surface area contributed by atoms with Gasteiger partial charge in [-0.05, 0) is 79.4 Å². The molecule has 0 atom stereocenters. The summed E-state index contributed by atoms with van der Waals surface area (Å²) < 4.78 is 36.5. The van der Waals surface area contributed by atoms with Gasteiger partial charge in [-0.2, -0.15) is 13.5 Å². The Morgan fingerprint density at radius 1 is 0.912 bits per heavy atom. The molecule has 0 bridgehead atoms. The standard InChI is InChI=1S/C26H25N3O4S/c1-17-9-10-18(2)25(13-17)34(30,31)33-23-12-11-20(15-24(23)32-4)16-27-29-26-14-19(3)21-7-5-6-8-22(21)28-26/h5-16H,1-4H3,(H,28,29). The first-order valence-corrected chi connectivity index (χ1v) is 12.0. The van der Waals surface area contributed by atoms with Crippen LogP contribution in [0, 0.1) is 20.8 Å². The topological polar surface area (TPSA) is 89.9 Å². The average Bonchev–Trinajstić information content (AvgIpc) is 2.81. The first-order valence-electron chi connectivity index (χ1n) is 10.6. The lowest BCUT2D eigenvalue weighted by Crippen LogP contribution is -2.12. The summed E-state index contributed by atoms with van der Waals surface area (Å²) in [5.74, 6) is 0.997. The number of aromatic nitrogens is 1. The number of hydrogen-bond acceptors (Lipinski definition) is 7. The van der Waals surface area contributed by atoms with Gasteiger partial charge in [-0.15, -0.1) is 0 Å². The Morgan fingerprint density at radius 2 is 1.71 bits per heavy atom. The summed E-state index contributed by atoms with van der Waals surface area (Å²) in [6.45, 7) is 5.58. The van der Waals surface area contributed by atoms with E-state index in [1.54, 1.807) is 43.5 Å². The van der Waals surface area contributed by atoms with E-state index in [0.717, 1.165) is 22.0 Å². The van der Waals surface area contributed by atoms with Crippen LogP contribution in [0.4, 0.5) is 5.82 Å². The van der Waals surface area contributed by atoms with Crippen molar-refractivity contribution in [3.63, 3.8) is 0 Å². The van der Waals surface area contributed by atoms with Crippen molar-refractivity contribution in [2.45, 2.75) is 25.7 Å². The molecule has 34 heavy (non-hydrogen) atoms. The Hall–Kier alpha value is -3.91. The molecule has 0 saturated carbocycles. The lowest BCUT2D eigenvalue weighted by Gasteiger charge is -2.13. The van der Waals surface area contributed by atoms with Gasteiger partial charge >= 0.3 is 10.1 Å². The molecular formula is C26H25N3O4S. The molecule has 7 nitrogen and oxygen atoms in total. The van der Waals surface area contributed by atoms with E-state index in [-0.39, 0.29) is 16.4 Å². The van der Waals surface area contributed by atoms with Crippen LogP contribution in [0.2, 0.25) is 0 Å². The number of fused-ring (bicyclic) bond motifs is 1. The summed E-state index contributed by atoms with van der Waals surface area (Å²) in [5.41, 5.74) is 7.05. The lowest BCUT2D eigenvalue weighted by atomic mass is 10.1. The molecule has 1 heterocycles. The number of nitrogens with one attached hydrogen (secondary N) is 1. The fraction of sp³-hybridized carbons (Fsp3) is 0.154. The molecule has 0 unspecified atom stereocenters. The van der Waals surface area contributed by atoms with E-state index >= 15 is 0 Å². The third-order valence-corrected chi connectivity index (χ3v) is 6.69. The SMILES string of the molecule is COc1cc(C=NNc2cc(C)c3ccccc3n2)ccc1OS(=O)(=O)c1cc(C)ccc1C. The molecule has 0 aliphatic carbocycles. The predicted molar refractivity (Wildman–Crippen MR) is 134 cm³/mol. The summed E-state index contributed by atoms with van der Waals surface area (Å²) in [6, 6.07) is 19.9. The van der Waals surface area contributed by atoms with Crippen molar-refractivity contribution in [3.8, 4) is 11.5 Å². The van der Waals surface area contributed by atoms with Crippen molar-refractivity contribution >= 4 is 33.1 Å². The van der Waals surface area contributed by atoms with E-state index in [1.165, 1.54) is 7.11 Å². The molecule has 0 fully saturated rings. The van der Waals surface area contributed by atoms with Crippen molar-refractivity contribution in [3.05, 3.63) is 89.0 Å². The summed E-state index contributed by atoms with van der Waals surface area (Å²) in [4.78, 5) is 4.69. The lowest BCUT2D eigenvalue weighted by molar-refractivity contribution is 0.390. The molecule has 1 N–H and O–H groups in total. The molecule has 0 aliphatic heterocycles. The van der Waals surface area contributed by atoms with E-state index in [2.05, 4.69) is 15.5 Å². The van der Waals surface area contributed by atoms with Crippen LogP contribution in [0.5, 0.6) is 11.5 Å². The molecule has 1 aromatic heterocycles. The molecular weight excluding hydrogens is 450 g/mol. The van der Waals surface area contributed by atoms with E-state index in [1.807, 2.05) is 50.2 Å². The van der Waals surface area contributed by atoms with Gasteiger partial charge in [0.25, 0.3) is 0 Å². The highest BCUT2D eigenvalue weighted by molar-refractivity contribution is 7.87. The maximum Gasteiger partial charge on any atom is 0.339 e. The third-order valence-electron chi connectivity index (χ3n) is 5.32. The van der Waals surface area contributed by atoms with Gasteiger partial charge in [0.05, 0.1) is 18.8 Å². The van der Waals surface area contributed by atoms with Crippen LogP contribution in [0.25, 0.3) is 10.9 Å². The summed E-state index contributed by atoms with van der Waals surface area (Å²) >= 11 is 0. The van der Waals surface area contributed by atoms with Gasteiger partial charge in [-0.1, -0.05) is 30.3 Å². The number of nitrogens with zero attached hydrogens (tertiary/aromatic N) is 2. The van der Waals surface area contributed by atoms with Crippen LogP contribution < -0.4 is 14.3 Å². The van der Waals surface area contributed by atoms with Crippen molar-refractivity contribution in [1.82, 2.24) is 4.98 Å². The number of hydrogen-bond donors (Lipinski definition) is 1. The zero-order chi connectivity index (χ0) is 24.3.